The summed E-state index contributed by atoms with van der Waals surface area (Å²) in [6, 6.07) is 2.91. The molecule has 0 aliphatic carbocycles. The van der Waals surface area contributed by atoms with Crippen LogP contribution in [0.5, 0.6) is 0 Å². The molecule has 0 aliphatic heterocycles. The molecule has 0 bridgehead atoms. The molecule has 2 rings (SSSR count). The molecule has 264 valence electrons. The molecule has 7 atom stereocenters. The van der Waals surface area contributed by atoms with Crippen LogP contribution in [-0.2, 0) is 41.6 Å². The van der Waals surface area contributed by atoms with Crippen LogP contribution in [0.4, 0.5) is 0 Å². The van der Waals surface area contributed by atoms with E-state index < -0.39 is 78.9 Å². The number of rotatable bonds is 20. The molecule has 0 unspecified atom stereocenters. The van der Waals surface area contributed by atoms with Gasteiger partial charge in [0.25, 0.3) is 0 Å². The number of hydrogen-bond acceptors (Lipinski definition) is 9. The number of imidazole rings is 1. The van der Waals surface area contributed by atoms with Crippen molar-refractivity contribution < 1.29 is 39.0 Å². The van der Waals surface area contributed by atoms with E-state index in [1.165, 1.54) is 12.5 Å². The molecule has 16 heteroatoms. The molecule has 16 nitrogen and oxygen atoms in total. The minimum Gasteiger partial charge on any atom is -0.480 e. The third kappa shape index (κ3) is 12.4. The maximum Gasteiger partial charge on any atom is 0.328 e. The van der Waals surface area contributed by atoms with Crippen LogP contribution in [0.3, 0.4) is 0 Å². The van der Waals surface area contributed by atoms with Crippen molar-refractivity contribution >= 4 is 35.5 Å². The predicted octanol–water partition coefficient (Wildman–Crippen LogP) is -1.25. The molecule has 0 radical (unpaired) electrons. The topological polar surface area (TPSA) is 258 Å². The summed E-state index contributed by atoms with van der Waals surface area (Å²) in [6.45, 7) is 5.91. The first kappa shape index (κ1) is 39.3. The molecule has 0 aliphatic rings. The minimum absolute atomic E-state index is 0.0121. The van der Waals surface area contributed by atoms with Gasteiger partial charge in [0.15, 0.2) is 0 Å². The number of carbonyl (C=O) groups is 6. The first-order valence-electron chi connectivity index (χ1n) is 15.9. The highest BCUT2D eigenvalue weighted by Crippen LogP contribution is 2.12. The van der Waals surface area contributed by atoms with Crippen molar-refractivity contribution in [1.82, 2.24) is 36.6 Å². The molecule has 0 saturated carbocycles. The number of carboxylic acid groups (broad SMARTS) is 1. The molecule has 5 amide bonds. The lowest BCUT2D eigenvalue weighted by molar-refractivity contribution is -0.142. The van der Waals surface area contributed by atoms with Crippen LogP contribution in [0.15, 0.2) is 42.9 Å². The Kier molecular flexibility index (Phi) is 16.2. The van der Waals surface area contributed by atoms with Gasteiger partial charge in [-0.25, -0.2) is 9.78 Å². The molecule has 1 heterocycles. The number of aromatic amines is 1. The summed E-state index contributed by atoms with van der Waals surface area (Å²) >= 11 is 0. The number of amides is 5. The molecule has 0 saturated heterocycles. The van der Waals surface area contributed by atoms with E-state index in [1.54, 1.807) is 37.3 Å². The van der Waals surface area contributed by atoms with Crippen LogP contribution >= 0.6 is 0 Å². The lowest BCUT2D eigenvalue weighted by Gasteiger charge is -2.29. The van der Waals surface area contributed by atoms with Gasteiger partial charge in [0, 0.05) is 24.7 Å². The van der Waals surface area contributed by atoms with E-state index in [2.05, 4.69) is 36.6 Å². The number of nitrogens with one attached hydrogen (secondary N) is 6. The maximum absolute atomic E-state index is 13.8. The van der Waals surface area contributed by atoms with Gasteiger partial charge < -0.3 is 47.5 Å². The molecule has 1 aromatic heterocycles. The van der Waals surface area contributed by atoms with Gasteiger partial charge in [-0.2, -0.15) is 0 Å². The zero-order valence-corrected chi connectivity index (χ0v) is 27.7. The van der Waals surface area contributed by atoms with Crippen LogP contribution in [-0.4, -0.2) is 99.0 Å². The maximum atomic E-state index is 13.8. The van der Waals surface area contributed by atoms with E-state index in [-0.39, 0.29) is 24.7 Å². The first-order chi connectivity index (χ1) is 22.8. The number of nitrogens with zero attached hydrogens (tertiary/aromatic N) is 1. The number of H-pyrrole nitrogens is 1. The molecule has 48 heavy (non-hydrogen) atoms. The largest absolute Gasteiger partial charge is 0.480 e. The zero-order chi connectivity index (χ0) is 35.8. The zero-order valence-electron chi connectivity index (χ0n) is 27.7. The quantitative estimate of drug-likeness (QED) is 0.0807. The highest BCUT2D eigenvalue weighted by molar-refractivity contribution is 5.96. The number of aliphatic hydroxyl groups excluding tert-OH is 1. The summed E-state index contributed by atoms with van der Waals surface area (Å²) in [5, 5.41) is 30.8. The number of aromatic nitrogens is 2. The van der Waals surface area contributed by atoms with E-state index in [9.17, 15) is 28.8 Å². The number of hydrogen-bond donors (Lipinski definition) is 9. The monoisotopic (exact) mass is 672 g/mol. The van der Waals surface area contributed by atoms with Crippen molar-refractivity contribution in [2.45, 2.75) is 83.6 Å². The fraction of sp³-hybridized carbons (Fsp3) is 0.531. The second-order valence-electron chi connectivity index (χ2n) is 11.7. The highest BCUT2D eigenvalue weighted by Gasteiger charge is 2.33. The third-order valence-electron chi connectivity index (χ3n) is 8.12. The second-order valence-corrected chi connectivity index (χ2v) is 11.7. The average molecular weight is 673 g/mol. The van der Waals surface area contributed by atoms with E-state index in [0.29, 0.717) is 24.1 Å². The van der Waals surface area contributed by atoms with Crippen LogP contribution in [0.1, 0.15) is 51.8 Å². The Hall–Kier alpha value is -4.83. The van der Waals surface area contributed by atoms with Crippen LogP contribution in [0, 0.1) is 11.8 Å². The number of benzene rings is 1. The number of carboxylic acids is 1. The van der Waals surface area contributed by atoms with Crippen molar-refractivity contribution in [2.24, 2.45) is 17.6 Å². The average Bonchev–Trinajstić information content (AvgIpc) is 3.60. The smallest absolute Gasteiger partial charge is 0.328 e. The molecule has 1 aromatic carbocycles. The van der Waals surface area contributed by atoms with Gasteiger partial charge in [0.1, 0.15) is 24.2 Å². The van der Waals surface area contributed by atoms with Crippen molar-refractivity contribution in [1.29, 1.82) is 0 Å². The van der Waals surface area contributed by atoms with Gasteiger partial charge in [-0.05, 0) is 17.4 Å². The Morgan fingerprint density at radius 3 is 2.00 bits per heavy atom. The standard InChI is InChI=1S/C32H48N8O8/c1-5-18(3)26(33)30(45)40-27(19(4)6-2)31(46)39-23(13-21-14-34-17-36-21)29(44)38-22(12-20-10-8-7-9-11-20)28(43)35-15-25(42)37-24(16-41)32(47)48/h7-11,14,17-19,22-24,26-27,41H,5-6,12-13,15-16,33H2,1-4H3,(H,34,36)(H,35,43)(H,37,42)(H,38,44)(H,39,46)(H,40,45)(H,47,48)/t18-,19-,22-,23-,24-,26-,27-/m0/s1. The lowest BCUT2D eigenvalue weighted by Crippen LogP contribution is -2.60. The molecular weight excluding hydrogens is 624 g/mol. The van der Waals surface area contributed by atoms with Gasteiger partial charge in [-0.15, -0.1) is 0 Å². The Bertz CT molecular complexity index is 1360. The number of carbonyl (C=O) groups excluding carboxylic acids is 5. The summed E-state index contributed by atoms with van der Waals surface area (Å²) in [4.78, 5) is 84.0. The Morgan fingerprint density at radius 2 is 1.44 bits per heavy atom. The molecular formula is C32H48N8O8. The summed E-state index contributed by atoms with van der Waals surface area (Å²) < 4.78 is 0. The van der Waals surface area contributed by atoms with Gasteiger partial charge >= 0.3 is 5.97 Å². The predicted molar refractivity (Wildman–Crippen MR) is 175 cm³/mol. The normalized spacial score (nSPS) is 15.4. The fourth-order valence-electron chi connectivity index (χ4n) is 4.60. The van der Waals surface area contributed by atoms with E-state index in [1.807, 2.05) is 20.8 Å². The lowest BCUT2D eigenvalue weighted by atomic mass is 9.95. The number of aliphatic carboxylic acids is 1. The Labute approximate surface area is 279 Å². The SMILES string of the molecule is CC[C@H](C)[C@H](N)C(=O)N[C@H](C(=O)N[C@@H](Cc1cnc[nH]1)C(=O)N[C@@H](Cc1ccccc1)C(=O)NCC(=O)N[C@@H](CO)C(=O)O)[C@@H](C)CC. The number of aliphatic hydroxyl groups is 1. The van der Waals surface area contributed by atoms with E-state index >= 15 is 0 Å². The fourth-order valence-corrected chi connectivity index (χ4v) is 4.60. The molecule has 10 N–H and O–H groups in total. The summed E-state index contributed by atoms with van der Waals surface area (Å²) in [7, 11) is 0. The summed E-state index contributed by atoms with van der Waals surface area (Å²) in [5.74, 6) is -5.36. The molecule has 0 fully saturated rings. The first-order valence-corrected chi connectivity index (χ1v) is 15.9. The summed E-state index contributed by atoms with van der Waals surface area (Å²) in [5.41, 5.74) is 7.31. The van der Waals surface area contributed by atoms with Crippen molar-refractivity contribution in [3.05, 3.63) is 54.1 Å². The Balaban J connectivity index is 2.30. The van der Waals surface area contributed by atoms with Gasteiger partial charge in [0.05, 0.1) is 25.5 Å². The third-order valence-corrected chi connectivity index (χ3v) is 8.12. The van der Waals surface area contributed by atoms with E-state index in [4.69, 9.17) is 15.9 Å². The minimum atomic E-state index is -1.56. The van der Waals surface area contributed by atoms with Gasteiger partial charge in [-0.1, -0.05) is 70.9 Å². The van der Waals surface area contributed by atoms with Crippen molar-refractivity contribution in [3.63, 3.8) is 0 Å². The number of nitrogens with two attached hydrogens (primary N) is 1. The summed E-state index contributed by atoms with van der Waals surface area (Å²) in [6.07, 6.45) is 4.06. The Morgan fingerprint density at radius 1 is 0.812 bits per heavy atom. The van der Waals surface area contributed by atoms with Gasteiger partial charge in [-0.3, -0.25) is 24.0 Å². The van der Waals surface area contributed by atoms with E-state index in [0.717, 1.165) is 0 Å². The van der Waals surface area contributed by atoms with Crippen LogP contribution < -0.4 is 32.3 Å². The molecule has 2 aromatic rings. The second kappa shape index (κ2) is 19.7. The van der Waals surface area contributed by atoms with Crippen molar-refractivity contribution in [2.75, 3.05) is 13.2 Å². The van der Waals surface area contributed by atoms with Crippen LogP contribution in [0.2, 0.25) is 0 Å². The van der Waals surface area contributed by atoms with Crippen LogP contribution in [0.25, 0.3) is 0 Å². The van der Waals surface area contributed by atoms with Gasteiger partial charge in [0.2, 0.25) is 29.5 Å². The highest BCUT2D eigenvalue weighted by atomic mass is 16.4. The van der Waals surface area contributed by atoms with Crippen molar-refractivity contribution in [3.8, 4) is 0 Å². The molecule has 0 spiro atoms.